The number of rotatable bonds is 3. The zero-order valence-corrected chi connectivity index (χ0v) is 11.5. The molecule has 1 heterocycles. The highest BCUT2D eigenvalue weighted by atomic mass is 32.1. The third-order valence-corrected chi connectivity index (χ3v) is 4.21. The van der Waals surface area contributed by atoms with Gasteiger partial charge in [-0.25, -0.2) is 4.98 Å². The predicted molar refractivity (Wildman–Crippen MR) is 82.5 cm³/mol. The number of benzene rings is 2. The molecule has 1 aromatic heterocycles. The molecule has 0 saturated heterocycles. The van der Waals surface area contributed by atoms with E-state index in [1.54, 1.807) is 11.3 Å². The summed E-state index contributed by atoms with van der Waals surface area (Å²) in [5, 5.41) is 4.32. The Hall–Kier alpha value is -2.07. The topological polar surface area (TPSA) is 50.9 Å². The van der Waals surface area contributed by atoms with E-state index in [9.17, 15) is 0 Å². The summed E-state index contributed by atoms with van der Waals surface area (Å²) in [4.78, 5) is 4.56. The van der Waals surface area contributed by atoms with Gasteiger partial charge in [-0.2, -0.15) is 0 Å². The number of nitrogen functional groups attached to an aromatic ring is 1. The summed E-state index contributed by atoms with van der Waals surface area (Å²) in [5.41, 5.74) is 10.1. The van der Waals surface area contributed by atoms with Crippen molar-refractivity contribution in [2.75, 3.05) is 11.1 Å². The lowest BCUT2D eigenvalue weighted by molar-refractivity contribution is 1.11. The van der Waals surface area contributed by atoms with Crippen molar-refractivity contribution in [3.8, 4) is 0 Å². The molecule has 0 unspecified atom stereocenters. The van der Waals surface area contributed by atoms with E-state index in [4.69, 9.17) is 5.73 Å². The molecule has 0 radical (unpaired) electrons. The highest BCUT2D eigenvalue weighted by Gasteiger charge is 2.04. The van der Waals surface area contributed by atoms with Crippen LogP contribution in [-0.4, -0.2) is 4.98 Å². The maximum atomic E-state index is 5.91. The van der Waals surface area contributed by atoms with Gasteiger partial charge in [-0.15, -0.1) is 0 Å². The van der Waals surface area contributed by atoms with Gasteiger partial charge in [0.25, 0.3) is 0 Å². The number of para-hydroxylation sites is 1. The van der Waals surface area contributed by atoms with E-state index in [-0.39, 0.29) is 0 Å². The Morgan fingerprint density at radius 2 is 2.00 bits per heavy atom. The van der Waals surface area contributed by atoms with Crippen molar-refractivity contribution in [1.29, 1.82) is 0 Å². The molecule has 3 rings (SSSR count). The molecule has 0 atom stereocenters. The Balaban J connectivity index is 1.80. The van der Waals surface area contributed by atoms with Crippen molar-refractivity contribution in [2.24, 2.45) is 0 Å². The van der Waals surface area contributed by atoms with Crippen molar-refractivity contribution in [3.05, 3.63) is 53.6 Å². The molecule has 0 spiro atoms. The summed E-state index contributed by atoms with van der Waals surface area (Å²) >= 11 is 1.67. The molecule has 0 aliphatic rings. The van der Waals surface area contributed by atoms with Crippen LogP contribution in [0.1, 0.15) is 11.1 Å². The maximum Gasteiger partial charge on any atom is 0.184 e. The number of thiazole rings is 1. The molecule has 2 aromatic carbocycles. The van der Waals surface area contributed by atoms with Gasteiger partial charge in [-0.05, 0) is 36.2 Å². The van der Waals surface area contributed by atoms with Crippen molar-refractivity contribution < 1.29 is 0 Å². The van der Waals surface area contributed by atoms with Crippen LogP contribution in [0, 0.1) is 6.92 Å². The first-order valence-corrected chi connectivity index (χ1v) is 6.99. The minimum absolute atomic E-state index is 0.747. The van der Waals surface area contributed by atoms with Gasteiger partial charge in [-0.1, -0.05) is 35.6 Å². The minimum Gasteiger partial charge on any atom is -0.399 e. The minimum atomic E-state index is 0.747. The Kier molecular flexibility index (Phi) is 3.09. The monoisotopic (exact) mass is 269 g/mol. The van der Waals surface area contributed by atoms with Crippen molar-refractivity contribution in [3.63, 3.8) is 0 Å². The van der Waals surface area contributed by atoms with Gasteiger partial charge in [0.05, 0.1) is 10.2 Å². The number of anilines is 2. The van der Waals surface area contributed by atoms with Crippen LogP contribution < -0.4 is 11.1 Å². The molecule has 0 aliphatic carbocycles. The van der Waals surface area contributed by atoms with E-state index in [0.717, 1.165) is 28.4 Å². The summed E-state index contributed by atoms with van der Waals surface area (Å²) in [6, 6.07) is 14.2. The summed E-state index contributed by atoms with van der Waals surface area (Å²) in [5.74, 6) is 0. The fraction of sp³-hybridized carbons (Fsp3) is 0.133. The first-order chi connectivity index (χ1) is 9.24. The molecular weight excluding hydrogens is 254 g/mol. The second-order valence-electron chi connectivity index (χ2n) is 4.47. The molecule has 0 aliphatic heterocycles. The van der Waals surface area contributed by atoms with Crippen LogP contribution in [0.25, 0.3) is 10.2 Å². The van der Waals surface area contributed by atoms with E-state index in [2.05, 4.69) is 22.4 Å². The van der Waals surface area contributed by atoms with Crippen LogP contribution >= 0.6 is 11.3 Å². The average Bonchev–Trinajstić information content (AvgIpc) is 2.83. The van der Waals surface area contributed by atoms with E-state index < -0.39 is 0 Å². The van der Waals surface area contributed by atoms with E-state index in [1.807, 2.05) is 37.3 Å². The summed E-state index contributed by atoms with van der Waals surface area (Å²) in [7, 11) is 0. The largest absolute Gasteiger partial charge is 0.399 e. The molecule has 0 fully saturated rings. The lowest BCUT2D eigenvalue weighted by atomic mass is 10.1. The molecule has 3 nitrogen and oxygen atoms in total. The van der Waals surface area contributed by atoms with E-state index in [1.165, 1.54) is 10.3 Å². The molecule has 0 bridgehead atoms. The van der Waals surface area contributed by atoms with Gasteiger partial charge in [0.2, 0.25) is 0 Å². The number of nitrogens with two attached hydrogens (primary N) is 1. The number of aromatic nitrogens is 1. The first-order valence-electron chi connectivity index (χ1n) is 6.17. The van der Waals surface area contributed by atoms with Gasteiger partial charge in [0.1, 0.15) is 0 Å². The number of hydrogen-bond donors (Lipinski definition) is 2. The fourth-order valence-electron chi connectivity index (χ4n) is 2.01. The zero-order valence-electron chi connectivity index (χ0n) is 10.7. The number of nitrogens with one attached hydrogen (secondary N) is 1. The van der Waals surface area contributed by atoms with Gasteiger partial charge in [-0.3, -0.25) is 0 Å². The number of fused-ring (bicyclic) bond motifs is 1. The van der Waals surface area contributed by atoms with Crippen LogP contribution in [0.5, 0.6) is 0 Å². The number of hydrogen-bond acceptors (Lipinski definition) is 4. The molecule has 4 heteroatoms. The van der Waals surface area contributed by atoms with Crippen molar-refractivity contribution in [2.45, 2.75) is 13.5 Å². The molecule has 3 aromatic rings. The van der Waals surface area contributed by atoms with Gasteiger partial charge >= 0.3 is 0 Å². The number of nitrogens with zero attached hydrogens (tertiary/aromatic N) is 1. The lowest BCUT2D eigenvalue weighted by Gasteiger charge is -2.08. The highest BCUT2D eigenvalue weighted by Crippen LogP contribution is 2.26. The summed E-state index contributed by atoms with van der Waals surface area (Å²) < 4.78 is 1.20. The third-order valence-electron chi connectivity index (χ3n) is 3.21. The van der Waals surface area contributed by atoms with Gasteiger partial charge in [0, 0.05) is 12.2 Å². The molecule has 3 N–H and O–H groups in total. The van der Waals surface area contributed by atoms with E-state index >= 15 is 0 Å². The van der Waals surface area contributed by atoms with Crippen LogP contribution in [0.2, 0.25) is 0 Å². The van der Waals surface area contributed by atoms with Gasteiger partial charge in [0.15, 0.2) is 5.13 Å². The van der Waals surface area contributed by atoms with Crippen LogP contribution in [0.4, 0.5) is 10.8 Å². The smallest absolute Gasteiger partial charge is 0.184 e. The molecule has 96 valence electrons. The van der Waals surface area contributed by atoms with E-state index in [0.29, 0.717) is 0 Å². The highest BCUT2D eigenvalue weighted by molar-refractivity contribution is 7.22. The Labute approximate surface area is 116 Å². The predicted octanol–water partition coefficient (Wildman–Crippen LogP) is 3.80. The lowest BCUT2D eigenvalue weighted by Crippen LogP contribution is -2.02. The fourth-order valence-corrected chi connectivity index (χ4v) is 2.87. The maximum absolute atomic E-state index is 5.91. The average molecular weight is 269 g/mol. The van der Waals surface area contributed by atoms with Crippen LogP contribution in [-0.2, 0) is 6.54 Å². The SMILES string of the molecule is Cc1c(N)cccc1CNc1nc2ccccc2s1. The quantitative estimate of drug-likeness (QED) is 0.711. The zero-order chi connectivity index (χ0) is 13.2. The molecule has 0 saturated carbocycles. The van der Waals surface area contributed by atoms with Crippen molar-refractivity contribution >= 4 is 32.4 Å². The normalized spacial score (nSPS) is 10.8. The van der Waals surface area contributed by atoms with Crippen LogP contribution in [0.15, 0.2) is 42.5 Å². The Morgan fingerprint density at radius 3 is 2.84 bits per heavy atom. The second kappa shape index (κ2) is 4.90. The standard InChI is InChI=1S/C15H15N3S/c1-10-11(5-4-6-12(10)16)9-17-15-18-13-7-2-3-8-14(13)19-15/h2-8H,9,16H2,1H3,(H,17,18). The summed E-state index contributed by atoms with van der Waals surface area (Å²) in [6.07, 6.45) is 0. The summed E-state index contributed by atoms with van der Waals surface area (Å²) in [6.45, 7) is 2.79. The third kappa shape index (κ3) is 2.39. The molecule has 19 heavy (non-hydrogen) atoms. The van der Waals surface area contributed by atoms with Gasteiger partial charge < -0.3 is 11.1 Å². The first kappa shape index (κ1) is 12.0. The second-order valence-corrected chi connectivity index (χ2v) is 5.50. The molecule has 0 amide bonds. The van der Waals surface area contributed by atoms with Crippen molar-refractivity contribution in [1.82, 2.24) is 4.98 Å². The Morgan fingerprint density at radius 1 is 1.16 bits per heavy atom. The Bertz CT molecular complexity index is 685. The van der Waals surface area contributed by atoms with Crippen LogP contribution in [0.3, 0.4) is 0 Å². The molecular formula is C15H15N3S.